The Labute approximate surface area is 131 Å². The summed E-state index contributed by atoms with van der Waals surface area (Å²) < 4.78 is 27.8. The van der Waals surface area contributed by atoms with Crippen LogP contribution in [-0.2, 0) is 10.0 Å². The number of aromatic nitrogens is 1. The molecule has 6 nitrogen and oxygen atoms in total. The molecule has 1 aromatic heterocycles. The second-order valence-corrected chi connectivity index (χ2v) is 15.0. The molecule has 9 heteroatoms. The summed E-state index contributed by atoms with van der Waals surface area (Å²) >= 11 is 0.897. The highest BCUT2D eigenvalue weighted by molar-refractivity contribution is 7.93. The highest BCUT2D eigenvalue weighted by atomic mass is 32.2. The van der Waals surface area contributed by atoms with E-state index in [-0.39, 0.29) is 20.2 Å². The van der Waals surface area contributed by atoms with Crippen molar-refractivity contribution in [3.05, 3.63) is 11.2 Å². The Balaban J connectivity index is 3.08. The van der Waals surface area contributed by atoms with Gasteiger partial charge in [-0.1, -0.05) is 45.2 Å². The number of carbonyl (C=O) groups excluding carboxylic acids is 1. The Bertz CT molecular complexity index is 630. The zero-order valence-electron chi connectivity index (χ0n) is 13.5. The molecule has 1 N–H and O–H groups in total. The normalized spacial score (nSPS) is 13.3. The predicted molar refractivity (Wildman–Crippen MR) is 87.7 cm³/mol. The van der Waals surface area contributed by atoms with Crippen molar-refractivity contribution < 1.29 is 13.2 Å². The van der Waals surface area contributed by atoms with E-state index < -0.39 is 18.3 Å². The molecule has 21 heavy (non-hydrogen) atoms. The third-order valence-corrected chi connectivity index (χ3v) is 12.8. The third kappa shape index (κ3) is 4.12. The molecule has 0 atom stereocenters. The van der Waals surface area contributed by atoms with E-state index in [1.165, 1.54) is 11.1 Å². The zero-order chi connectivity index (χ0) is 16.6. The van der Waals surface area contributed by atoms with E-state index >= 15 is 0 Å². The van der Waals surface area contributed by atoms with E-state index in [4.69, 9.17) is 0 Å². The van der Waals surface area contributed by atoms with Crippen molar-refractivity contribution in [2.45, 2.75) is 43.1 Å². The lowest BCUT2D eigenvalue weighted by atomic mass is 10.2. The molecule has 0 saturated heterocycles. The number of sulfonamides is 1. The molecule has 0 aliphatic carbocycles. The Morgan fingerprint density at radius 3 is 2.29 bits per heavy atom. The second kappa shape index (κ2) is 5.79. The number of nitrogens with one attached hydrogen (secondary N) is 1. The van der Waals surface area contributed by atoms with E-state index in [2.05, 4.69) is 9.37 Å². The van der Waals surface area contributed by atoms with Crippen LogP contribution < -0.4 is 4.39 Å². The average molecular weight is 350 g/mol. The van der Waals surface area contributed by atoms with Gasteiger partial charge in [0.05, 0.1) is 6.20 Å². The molecule has 1 aromatic rings. The van der Waals surface area contributed by atoms with Crippen molar-refractivity contribution in [1.29, 1.82) is 0 Å². The number of hydrogen-bond donors (Lipinski definition) is 1. The fourth-order valence-corrected chi connectivity index (χ4v) is 7.44. The molecular weight excluding hydrogens is 326 g/mol. The van der Waals surface area contributed by atoms with Gasteiger partial charge in [0.15, 0.2) is 9.22 Å². The summed E-state index contributed by atoms with van der Waals surface area (Å²) in [5, 5.41) is 0.0585. The summed E-state index contributed by atoms with van der Waals surface area (Å²) in [6, 6.07) is 0. The maximum atomic E-state index is 12.5. The molecule has 0 radical (unpaired) electrons. The molecule has 0 bridgehead atoms. The van der Waals surface area contributed by atoms with Crippen LogP contribution in [0, 0.1) is 0 Å². The minimum Gasteiger partial charge on any atom is -0.343 e. The van der Waals surface area contributed by atoms with Gasteiger partial charge in [-0.3, -0.25) is 4.79 Å². The van der Waals surface area contributed by atoms with Gasteiger partial charge in [0.1, 0.15) is 8.24 Å². The molecule has 120 valence electrons. The first-order valence-electron chi connectivity index (χ1n) is 6.49. The molecule has 0 saturated carbocycles. The zero-order valence-corrected chi connectivity index (χ0v) is 16.1. The van der Waals surface area contributed by atoms with Gasteiger partial charge in [-0.2, -0.15) is 0 Å². The van der Waals surface area contributed by atoms with Crippen LogP contribution in [0.15, 0.2) is 10.4 Å². The van der Waals surface area contributed by atoms with Crippen molar-refractivity contribution in [2.75, 3.05) is 14.1 Å². The van der Waals surface area contributed by atoms with Crippen LogP contribution in [0.4, 0.5) is 0 Å². The minimum absolute atomic E-state index is 0.0810. The van der Waals surface area contributed by atoms with Crippen molar-refractivity contribution in [2.24, 2.45) is 0 Å². The summed E-state index contributed by atoms with van der Waals surface area (Å²) in [5.74, 6) is -0.297. The summed E-state index contributed by atoms with van der Waals surface area (Å²) in [6.07, 6.45) is 1.25. The van der Waals surface area contributed by atoms with Gasteiger partial charge in [0.2, 0.25) is 10.0 Å². The van der Waals surface area contributed by atoms with Gasteiger partial charge < -0.3 is 4.90 Å². The van der Waals surface area contributed by atoms with E-state index in [9.17, 15) is 13.2 Å². The van der Waals surface area contributed by atoms with E-state index in [0.29, 0.717) is 0 Å². The highest BCUT2D eigenvalue weighted by Gasteiger charge is 2.40. The number of amides is 1. The quantitative estimate of drug-likeness (QED) is 0.845. The SMILES string of the molecule is CN(C)C(=O)c1ncc(S(=O)(=O)N[Si](C)(C)C(C)(C)C)s1. The van der Waals surface area contributed by atoms with Gasteiger partial charge >= 0.3 is 0 Å². The molecule has 0 aromatic carbocycles. The van der Waals surface area contributed by atoms with Crippen molar-refractivity contribution >= 4 is 35.5 Å². The van der Waals surface area contributed by atoms with Gasteiger partial charge in [0.25, 0.3) is 5.91 Å². The molecule has 0 fully saturated rings. The molecule has 1 rings (SSSR count). The number of nitrogens with zero attached hydrogens (tertiary/aromatic N) is 2. The number of rotatable bonds is 4. The van der Waals surface area contributed by atoms with Crippen LogP contribution in [0.5, 0.6) is 0 Å². The lowest BCUT2D eigenvalue weighted by molar-refractivity contribution is 0.0827. The number of hydrogen-bond acceptors (Lipinski definition) is 5. The molecule has 0 aliphatic rings. The summed E-state index contributed by atoms with van der Waals surface area (Å²) in [5.41, 5.74) is 0. The first-order valence-corrected chi connectivity index (χ1v) is 11.8. The van der Waals surface area contributed by atoms with Crippen LogP contribution in [0.1, 0.15) is 30.6 Å². The summed E-state index contributed by atoms with van der Waals surface area (Å²) in [6.45, 7) is 10.0. The maximum Gasteiger partial charge on any atom is 0.282 e. The number of carbonyl (C=O) groups is 1. The molecule has 1 amide bonds. The molecular formula is C12H23N3O3S2Si. The molecule has 0 spiro atoms. The molecule has 0 aliphatic heterocycles. The number of thiazole rings is 1. The summed E-state index contributed by atoms with van der Waals surface area (Å²) in [7, 11) is -2.65. The molecule has 1 heterocycles. The van der Waals surface area contributed by atoms with Crippen LogP contribution >= 0.6 is 11.3 Å². The van der Waals surface area contributed by atoms with Crippen molar-refractivity contribution in [3.63, 3.8) is 0 Å². The molecule has 0 unspecified atom stereocenters. The van der Waals surface area contributed by atoms with E-state index in [1.54, 1.807) is 14.1 Å². The van der Waals surface area contributed by atoms with Crippen LogP contribution in [0.3, 0.4) is 0 Å². The third-order valence-electron chi connectivity index (χ3n) is 3.60. The van der Waals surface area contributed by atoms with E-state index in [1.807, 2.05) is 33.9 Å². The maximum absolute atomic E-state index is 12.5. The smallest absolute Gasteiger partial charge is 0.282 e. The fraction of sp³-hybridized carbons (Fsp3) is 0.667. The van der Waals surface area contributed by atoms with Gasteiger partial charge in [-0.25, -0.2) is 17.8 Å². The van der Waals surface area contributed by atoms with Crippen molar-refractivity contribution in [3.8, 4) is 0 Å². The van der Waals surface area contributed by atoms with Crippen LogP contribution in [-0.4, -0.2) is 46.5 Å². The first kappa shape index (κ1) is 18.3. The first-order chi connectivity index (χ1) is 9.28. The van der Waals surface area contributed by atoms with Crippen molar-refractivity contribution in [1.82, 2.24) is 14.3 Å². The fourth-order valence-electron chi connectivity index (χ4n) is 1.21. The lowest BCUT2D eigenvalue weighted by Crippen LogP contribution is -2.54. The minimum atomic E-state index is -3.64. The van der Waals surface area contributed by atoms with Crippen LogP contribution in [0.25, 0.3) is 0 Å². The standard InChI is InChI=1S/C12H23N3O3S2Si/c1-12(2,3)21(6,7)14-20(17,18)9-8-13-10(19-9)11(16)15(4)5/h8,14H,1-7H3. The van der Waals surface area contributed by atoms with Gasteiger partial charge in [0, 0.05) is 14.1 Å². The Kier molecular flexibility index (Phi) is 5.04. The highest BCUT2D eigenvalue weighted by Crippen LogP contribution is 2.35. The monoisotopic (exact) mass is 349 g/mol. The largest absolute Gasteiger partial charge is 0.343 e. The summed E-state index contributed by atoms with van der Waals surface area (Å²) in [4.78, 5) is 17.1. The van der Waals surface area contributed by atoms with Gasteiger partial charge in [-0.15, -0.1) is 0 Å². The second-order valence-electron chi connectivity index (χ2n) is 6.66. The Hall–Kier alpha value is -0.773. The van der Waals surface area contributed by atoms with E-state index in [0.717, 1.165) is 11.3 Å². The lowest BCUT2D eigenvalue weighted by Gasteiger charge is -2.36. The van der Waals surface area contributed by atoms with Crippen LogP contribution in [0.2, 0.25) is 18.1 Å². The van der Waals surface area contributed by atoms with Gasteiger partial charge in [-0.05, 0) is 5.04 Å². The Morgan fingerprint density at radius 1 is 1.33 bits per heavy atom. The predicted octanol–water partition coefficient (Wildman–Crippen LogP) is 2.13. The topological polar surface area (TPSA) is 79.4 Å². The Morgan fingerprint density at radius 2 is 1.86 bits per heavy atom. The average Bonchev–Trinajstić information content (AvgIpc) is 2.74.